The largest absolute Gasteiger partial charge is 0.103 e. The van der Waals surface area contributed by atoms with E-state index in [-0.39, 0.29) is 0 Å². The van der Waals surface area contributed by atoms with Crippen molar-refractivity contribution in [3.05, 3.63) is 109 Å². The Balaban J connectivity index is 0.000000720. The fraction of sp³-hybridized carbons (Fsp3) is 0.609. The molecule has 0 aliphatic rings. The molecule has 0 saturated heterocycles. The maximum atomic E-state index is 3.74. The van der Waals surface area contributed by atoms with Crippen LogP contribution in [0.15, 0.2) is 98.1 Å². The van der Waals surface area contributed by atoms with Gasteiger partial charge in [0, 0.05) is 0 Å². The Kier molecular flexibility index (Phi) is 33.7. The van der Waals surface area contributed by atoms with Gasteiger partial charge in [-0.25, -0.2) is 0 Å². The molecule has 0 heterocycles. The van der Waals surface area contributed by atoms with E-state index in [0.29, 0.717) is 11.8 Å². The summed E-state index contributed by atoms with van der Waals surface area (Å²) in [6, 6.07) is 21.1. The van der Waals surface area contributed by atoms with Crippen molar-refractivity contribution < 1.29 is 0 Å². The third-order valence-electron chi connectivity index (χ3n) is 8.92. The van der Waals surface area contributed by atoms with Gasteiger partial charge in [0.1, 0.15) is 0 Å². The smallest absolute Gasteiger partial charge is 0.00104 e. The number of allylic oxidation sites excluding steroid dienone is 4. The lowest BCUT2D eigenvalue weighted by Crippen LogP contribution is -1.87. The van der Waals surface area contributed by atoms with Crippen molar-refractivity contribution in [2.45, 2.75) is 181 Å². The molecule has 2 rings (SSSR count). The molecule has 0 saturated carbocycles. The molecule has 0 fully saturated rings. The molecule has 0 aromatic heterocycles. The van der Waals surface area contributed by atoms with Crippen LogP contribution in [-0.4, -0.2) is 0 Å². The fourth-order valence-electron chi connectivity index (χ4n) is 5.59. The van der Waals surface area contributed by atoms with Gasteiger partial charge in [-0.2, -0.15) is 0 Å². The summed E-state index contributed by atoms with van der Waals surface area (Å²) in [7, 11) is 0. The summed E-state index contributed by atoms with van der Waals surface area (Å²) in [5.74, 6) is 1.02. The Bertz CT molecular complexity index is 892. The number of hydrogen-bond acceptors (Lipinski definition) is 0. The molecule has 0 bridgehead atoms. The van der Waals surface area contributed by atoms with E-state index in [1.54, 1.807) is 0 Å². The summed E-state index contributed by atoms with van der Waals surface area (Å²) >= 11 is 0. The minimum atomic E-state index is 0.473. The molecular formula is C46H76. The van der Waals surface area contributed by atoms with Gasteiger partial charge >= 0.3 is 0 Å². The molecule has 0 spiro atoms. The molecule has 2 aromatic carbocycles. The molecule has 260 valence electrons. The van der Waals surface area contributed by atoms with E-state index in [2.05, 4.69) is 108 Å². The van der Waals surface area contributed by atoms with Crippen molar-refractivity contribution in [1.82, 2.24) is 0 Å². The zero-order valence-electron chi connectivity index (χ0n) is 31.2. The van der Waals surface area contributed by atoms with Crippen molar-refractivity contribution in [1.29, 1.82) is 0 Å². The highest BCUT2D eigenvalue weighted by molar-refractivity contribution is 5.23. The summed E-state index contributed by atoms with van der Waals surface area (Å²) in [6.07, 6.45) is 39.6. The normalized spacial score (nSPS) is 12.0. The average molecular weight is 629 g/mol. The van der Waals surface area contributed by atoms with Gasteiger partial charge in [-0.15, -0.1) is 13.2 Å². The van der Waals surface area contributed by atoms with Gasteiger partial charge in [0.25, 0.3) is 0 Å². The summed E-state index contributed by atoms with van der Waals surface area (Å²) in [5.41, 5.74) is 2.75. The van der Waals surface area contributed by atoms with Crippen LogP contribution in [-0.2, 0) is 0 Å². The maximum Gasteiger partial charge on any atom is -0.00104 e. The number of hydrogen-bond donors (Lipinski definition) is 0. The van der Waals surface area contributed by atoms with Crippen LogP contribution in [0.3, 0.4) is 0 Å². The average Bonchev–Trinajstić information content (AvgIpc) is 3.10. The van der Waals surface area contributed by atoms with E-state index in [1.165, 1.54) is 152 Å². The molecular weight excluding hydrogens is 553 g/mol. The molecule has 46 heavy (non-hydrogen) atoms. The first-order chi connectivity index (χ1) is 22.6. The van der Waals surface area contributed by atoms with Crippen LogP contribution in [0.25, 0.3) is 0 Å². The first kappa shape index (κ1) is 43.7. The molecule has 0 aliphatic heterocycles. The molecule has 0 nitrogen and oxygen atoms in total. The number of benzene rings is 2. The topological polar surface area (TPSA) is 0 Å². The van der Waals surface area contributed by atoms with Crippen LogP contribution < -0.4 is 0 Å². The van der Waals surface area contributed by atoms with Crippen LogP contribution in [0.1, 0.15) is 192 Å². The summed E-state index contributed by atoms with van der Waals surface area (Å²) < 4.78 is 0. The molecule has 0 radical (unpaired) electrons. The van der Waals surface area contributed by atoms with E-state index in [9.17, 15) is 0 Å². The lowest BCUT2D eigenvalue weighted by Gasteiger charge is -2.05. The van der Waals surface area contributed by atoms with Crippen molar-refractivity contribution in [3.8, 4) is 0 Å². The van der Waals surface area contributed by atoms with Crippen LogP contribution in [0.2, 0.25) is 0 Å². The second kappa shape index (κ2) is 35.5. The van der Waals surface area contributed by atoms with E-state index in [1.807, 2.05) is 18.2 Å². The highest BCUT2D eigenvalue weighted by Crippen LogP contribution is 2.17. The Hall–Kier alpha value is -2.34. The quantitative estimate of drug-likeness (QED) is 0.0718. The molecule has 2 atom stereocenters. The monoisotopic (exact) mass is 629 g/mol. The van der Waals surface area contributed by atoms with E-state index in [4.69, 9.17) is 0 Å². The molecule has 2 unspecified atom stereocenters. The van der Waals surface area contributed by atoms with E-state index >= 15 is 0 Å². The van der Waals surface area contributed by atoms with Crippen LogP contribution in [0.5, 0.6) is 0 Å². The van der Waals surface area contributed by atoms with Gasteiger partial charge in [0.2, 0.25) is 0 Å². The lowest BCUT2D eigenvalue weighted by molar-refractivity contribution is 0.557. The Labute approximate surface area is 289 Å². The van der Waals surface area contributed by atoms with E-state index in [0.717, 1.165) is 0 Å². The molecule has 0 heteroatoms. The first-order valence-electron chi connectivity index (χ1n) is 19.6. The zero-order valence-corrected chi connectivity index (χ0v) is 31.2. The number of rotatable bonds is 26. The standard InChI is InChI=1S/C22H36.C14H28.C10H12/c1-3-4-5-6-7-8-9-10-11-12-13-15-18-21(2)22-19-16-14-17-20-22;1-3-5-7-9-11-13-14-12-10-8-6-4-2;1-3-9(2)10-7-5-4-6-8-10/h14-21H,3-13H2,1-2H3;3H,1,4-14H2,2H3;3-9H,1H2,2H3/b18-15+;;. The number of unbranched alkanes of at least 4 members (excludes halogenated alkanes) is 20. The molecule has 0 N–H and O–H groups in total. The molecule has 2 aromatic rings. The van der Waals surface area contributed by atoms with Crippen molar-refractivity contribution in [2.24, 2.45) is 0 Å². The first-order valence-corrected chi connectivity index (χ1v) is 19.6. The fourth-order valence-corrected chi connectivity index (χ4v) is 5.59. The van der Waals surface area contributed by atoms with Crippen molar-refractivity contribution in [2.75, 3.05) is 0 Å². The van der Waals surface area contributed by atoms with Crippen LogP contribution in [0, 0.1) is 0 Å². The predicted octanol–water partition coefficient (Wildman–Crippen LogP) is 16.1. The van der Waals surface area contributed by atoms with Gasteiger partial charge in [-0.3, -0.25) is 0 Å². The minimum Gasteiger partial charge on any atom is -0.103 e. The second-order valence-corrected chi connectivity index (χ2v) is 13.3. The van der Waals surface area contributed by atoms with Crippen molar-refractivity contribution >= 4 is 0 Å². The third-order valence-corrected chi connectivity index (χ3v) is 8.92. The summed E-state index contributed by atoms with van der Waals surface area (Å²) in [5, 5.41) is 0. The van der Waals surface area contributed by atoms with E-state index < -0.39 is 0 Å². The SMILES string of the molecule is C=CC(C)c1ccccc1.C=CCCCCCCCCCCCC.CCCCCCCCCCCC/C=C/C(C)c1ccccc1. The Morgan fingerprint density at radius 3 is 1.17 bits per heavy atom. The Morgan fingerprint density at radius 2 is 0.804 bits per heavy atom. The summed E-state index contributed by atoms with van der Waals surface area (Å²) in [4.78, 5) is 0. The Morgan fingerprint density at radius 1 is 0.457 bits per heavy atom. The minimum absolute atomic E-state index is 0.473. The predicted molar refractivity (Wildman–Crippen MR) is 212 cm³/mol. The maximum absolute atomic E-state index is 3.74. The van der Waals surface area contributed by atoms with Gasteiger partial charge in [0.15, 0.2) is 0 Å². The highest BCUT2D eigenvalue weighted by atomic mass is 14.0. The van der Waals surface area contributed by atoms with Crippen LogP contribution in [0.4, 0.5) is 0 Å². The van der Waals surface area contributed by atoms with Gasteiger partial charge in [0.05, 0.1) is 0 Å². The molecule has 0 aliphatic carbocycles. The van der Waals surface area contributed by atoms with Crippen LogP contribution >= 0.6 is 0 Å². The van der Waals surface area contributed by atoms with Gasteiger partial charge in [-0.1, -0.05) is 228 Å². The third kappa shape index (κ3) is 29.1. The van der Waals surface area contributed by atoms with Gasteiger partial charge in [-0.05, 0) is 48.6 Å². The zero-order chi connectivity index (χ0) is 33.8. The summed E-state index contributed by atoms with van der Waals surface area (Å²) in [6.45, 7) is 16.5. The lowest BCUT2D eigenvalue weighted by atomic mass is 10.00. The molecule has 0 amide bonds. The van der Waals surface area contributed by atoms with Crippen molar-refractivity contribution in [3.63, 3.8) is 0 Å². The van der Waals surface area contributed by atoms with Gasteiger partial charge < -0.3 is 0 Å². The second-order valence-electron chi connectivity index (χ2n) is 13.3. The highest BCUT2D eigenvalue weighted by Gasteiger charge is 1.99.